The van der Waals surface area contributed by atoms with Crippen molar-refractivity contribution in [2.45, 2.75) is 58.5 Å². The minimum Gasteiger partial charge on any atom is -0.387 e. The van der Waals surface area contributed by atoms with Crippen LogP contribution in [-0.4, -0.2) is 29.6 Å². The van der Waals surface area contributed by atoms with E-state index in [1.54, 1.807) is 0 Å². The predicted octanol–water partition coefficient (Wildman–Crippen LogP) is 7.47. The van der Waals surface area contributed by atoms with Gasteiger partial charge in [0.15, 0.2) is 0 Å². The van der Waals surface area contributed by atoms with Crippen molar-refractivity contribution in [2.75, 3.05) is 19.6 Å². The van der Waals surface area contributed by atoms with Gasteiger partial charge in [-0.2, -0.15) is 0 Å². The zero-order valence-electron chi connectivity index (χ0n) is 17.8. The van der Waals surface area contributed by atoms with Gasteiger partial charge >= 0.3 is 0 Å². The summed E-state index contributed by atoms with van der Waals surface area (Å²) in [5.41, 5.74) is 1.01. The smallest absolute Gasteiger partial charge is 0.0917 e. The highest BCUT2D eigenvalue weighted by atomic mass is 79.9. The summed E-state index contributed by atoms with van der Waals surface area (Å²) in [6, 6.07) is 17.1. The van der Waals surface area contributed by atoms with Gasteiger partial charge in [-0.15, -0.1) is 0 Å². The van der Waals surface area contributed by atoms with Crippen molar-refractivity contribution in [3.63, 3.8) is 0 Å². The molecule has 3 heteroatoms. The van der Waals surface area contributed by atoms with Crippen LogP contribution in [0.3, 0.4) is 0 Å². The fourth-order valence-electron chi connectivity index (χ4n) is 4.10. The van der Waals surface area contributed by atoms with Crippen LogP contribution < -0.4 is 0 Å². The van der Waals surface area contributed by atoms with Gasteiger partial charge in [0.25, 0.3) is 0 Å². The molecule has 0 amide bonds. The second kappa shape index (κ2) is 11.1. The molecule has 0 radical (unpaired) electrons. The Morgan fingerprint density at radius 3 is 2.14 bits per heavy atom. The van der Waals surface area contributed by atoms with Crippen LogP contribution in [-0.2, 0) is 0 Å². The first-order valence-corrected chi connectivity index (χ1v) is 11.9. The molecule has 0 aromatic heterocycles. The molecule has 1 unspecified atom stereocenters. The number of hydrogen-bond donors (Lipinski definition) is 1. The Bertz CT molecular complexity index is 913. The van der Waals surface area contributed by atoms with Crippen LogP contribution in [0.4, 0.5) is 0 Å². The molecule has 3 aromatic rings. The van der Waals surface area contributed by atoms with Crippen molar-refractivity contribution < 1.29 is 5.11 Å². The predicted molar refractivity (Wildman–Crippen MR) is 130 cm³/mol. The molecule has 2 nitrogen and oxygen atoms in total. The van der Waals surface area contributed by atoms with E-state index in [4.69, 9.17) is 0 Å². The topological polar surface area (TPSA) is 23.5 Å². The Morgan fingerprint density at radius 2 is 1.48 bits per heavy atom. The Morgan fingerprint density at radius 1 is 0.828 bits per heavy atom. The third kappa shape index (κ3) is 5.81. The second-order valence-electron chi connectivity index (χ2n) is 8.12. The van der Waals surface area contributed by atoms with Gasteiger partial charge in [0.1, 0.15) is 0 Å². The molecule has 0 bridgehead atoms. The van der Waals surface area contributed by atoms with Crippen molar-refractivity contribution >= 4 is 37.5 Å². The fourth-order valence-corrected chi connectivity index (χ4v) is 4.69. The maximum Gasteiger partial charge on any atom is 0.0917 e. The molecule has 3 aromatic carbocycles. The van der Waals surface area contributed by atoms with E-state index in [0.29, 0.717) is 6.54 Å². The van der Waals surface area contributed by atoms with Crippen LogP contribution in [0, 0.1) is 0 Å². The van der Waals surface area contributed by atoms with E-state index in [0.717, 1.165) is 23.1 Å². The molecule has 1 atom stereocenters. The van der Waals surface area contributed by atoms with Gasteiger partial charge in [-0.25, -0.2) is 0 Å². The lowest BCUT2D eigenvalue weighted by Gasteiger charge is -2.25. The summed E-state index contributed by atoms with van der Waals surface area (Å²) in [6.07, 6.45) is 6.97. The van der Waals surface area contributed by atoms with Gasteiger partial charge in [0.05, 0.1) is 6.10 Å². The molecule has 0 aliphatic heterocycles. The highest BCUT2D eigenvalue weighted by molar-refractivity contribution is 9.10. The van der Waals surface area contributed by atoms with Crippen LogP contribution in [0.1, 0.15) is 64.0 Å². The summed E-state index contributed by atoms with van der Waals surface area (Å²) in [5, 5.41) is 15.9. The lowest BCUT2D eigenvalue weighted by molar-refractivity contribution is 0.110. The molecule has 0 saturated heterocycles. The Hall–Kier alpha value is -1.42. The third-order valence-corrected chi connectivity index (χ3v) is 6.46. The van der Waals surface area contributed by atoms with Crippen LogP contribution >= 0.6 is 15.9 Å². The maximum atomic E-state index is 11.0. The third-order valence-electron chi connectivity index (χ3n) is 5.81. The first kappa shape index (κ1) is 22.3. The van der Waals surface area contributed by atoms with Crippen molar-refractivity contribution in [2.24, 2.45) is 0 Å². The van der Waals surface area contributed by atoms with Gasteiger partial charge in [0, 0.05) is 11.0 Å². The van der Waals surface area contributed by atoms with Crippen molar-refractivity contribution in [1.29, 1.82) is 0 Å². The monoisotopic (exact) mass is 455 g/mol. The zero-order chi connectivity index (χ0) is 20.6. The van der Waals surface area contributed by atoms with E-state index in [2.05, 4.69) is 83.2 Å². The molecule has 0 fully saturated rings. The molecular formula is C26H34BrNO. The molecular weight excluding hydrogens is 422 g/mol. The molecule has 156 valence electrons. The molecule has 0 spiro atoms. The quantitative estimate of drug-likeness (QED) is 0.239. The van der Waals surface area contributed by atoms with E-state index in [9.17, 15) is 5.11 Å². The van der Waals surface area contributed by atoms with Gasteiger partial charge < -0.3 is 10.0 Å². The average molecular weight is 456 g/mol. The minimum atomic E-state index is -0.454. The van der Waals surface area contributed by atoms with Gasteiger partial charge in [-0.05, 0) is 65.2 Å². The number of hydrogen-bond acceptors (Lipinski definition) is 2. The Labute approximate surface area is 184 Å². The minimum absolute atomic E-state index is 0.454. The molecule has 0 heterocycles. The van der Waals surface area contributed by atoms with Crippen molar-refractivity contribution in [1.82, 2.24) is 4.90 Å². The van der Waals surface area contributed by atoms with Crippen molar-refractivity contribution in [3.8, 4) is 0 Å². The number of unbranched alkanes of at least 4 members (excludes halogenated alkanes) is 4. The number of benzene rings is 3. The molecule has 1 N–H and O–H groups in total. The average Bonchev–Trinajstić information content (AvgIpc) is 2.74. The van der Waals surface area contributed by atoms with Crippen molar-refractivity contribution in [3.05, 3.63) is 58.6 Å². The normalized spacial score (nSPS) is 12.9. The molecule has 0 aliphatic carbocycles. The van der Waals surface area contributed by atoms with E-state index in [1.807, 2.05) is 0 Å². The Balaban J connectivity index is 1.81. The number of fused-ring (bicyclic) bond motifs is 3. The summed E-state index contributed by atoms with van der Waals surface area (Å²) < 4.78 is 1.12. The number of rotatable bonds is 11. The summed E-state index contributed by atoms with van der Waals surface area (Å²) in [7, 11) is 0. The van der Waals surface area contributed by atoms with E-state index >= 15 is 0 Å². The van der Waals surface area contributed by atoms with E-state index in [1.165, 1.54) is 60.1 Å². The van der Waals surface area contributed by atoms with Crippen LogP contribution in [0.5, 0.6) is 0 Å². The van der Waals surface area contributed by atoms with E-state index < -0.39 is 6.10 Å². The highest BCUT2D eigenvalue weighted by Gasteiger charge is 2.15. The first-order valence-electron chi connectivity index (χ1n) is 11.1. The summed E-state index contributed by atoms with van der Waals surface area (Å²) in [6.45, 7) is 7.37. The SMILES string of the molecule is CCCCCN(CCCCC)CC(O)c1ccc2cc(Br)c3ccccc3c2c1. The first-order chi connectivity index (χ1) is 14.1. The highest BCUT2D eigenvalue weighted by Crippen LogP contribution is 2.33. The molecule has 3 rings (SSSR count). The fraction of sp³-hybridized carbons (Fsp3) is 0.462. The van der Waals surface area contributed by atoms with Gasteiger partial charge in [-0.1, -0.05) is 91.9 Å². The molecule has 0 aliphatic rings. The second-order valence-corrected chi connectivity index (χ2v) is 8.97. The van der Waals surface area contributed by atoms with Crippen LogP contribution in [0.25, 0.3) is 21.5 Å². The van der Waals surface area contributed by atoms with Gasteiger partial charge in [-0.3, -0.25) is 0 Å². The number of aliphatic hydroxyl groups is 1. The summed E-state index contributed by atoms with van der Waals surface area (Å²) >= 11 is 3.70. The summed E-state index contributed by atoms with van der Waals surface area (Å²) in [5.74, 6) is 0. The van der Waals surface area contributed by atoms with E-state index in [-0.39, 0.29) is 0 Å². The molecule has 29 heavy (non-hydrogen) atoms. The van der Waals surface area contributed by atoms with Crippen LogP contribution in [0.2, 0.25) is 0 Å². The summed E-state index contributed by atoms with van der Waals surface area (Å²) in [4.78, 5) is 2.46. The lowest BCUT2D eigenvalue weighted by Crippen LogP contribution is -2.30. The van der Waals surface area contributed by atoms with Gasteiger partial charge in [0.2, 0.25) is 0 Å². The Kier molecular flexibility index (Phi) is 8.53. The molecule has 0 saturated carbocycles. The lowest BCUT2D eigenvalue weighted by atomic mass is 9.98. The van der Waals surface area contributed by atoms with Crippen LogP contribution in [0.15, 0.2) is 53.0 Å². The largest absolute Gasteiger partial charge is 0.387 e. The zero-order valence-corrected chi connectivity index (χ0v) is 19.4. The number of aliphatic hydroxyl groups excluding tert-OH is 1. The number of halogens is 1. The maximum absolute atomic E-state index is 11.0. The number of nitrogens with zero attached hydrogens (tertiary/aromatic N) is 1. The standard InChI is InChI=1S/C26H34BrNO/c1-3-5-9-15-28(16-10-6-4-2)19-26(29)21-14-13-20-18-25(27)23-12-8-7-11-22(23)24(20)17-21/h7-8,11-14,17-18,26,29H,3-6,9-10,15-16,19H2,1-2H3.